The van der Waals surface area contributed by atoms with Gasteiger partial charge in [0.15, 0.2) is 0 Å². The Labute approximate surface area is 138 Å². The molecule has 0 spiro atoms. The van der Waals surface area contributed by atoms with Gasteiger partial charge >= 0.3 is 6.18 Å². The normalized spacial score (nSPS) is 13.5. The number of rotatable bonds is 4. The lowest BCUT2D eigenvalue weighted by atomic mass is 10.1. The van der Waals surface area contributed by atoms with Crippen molar-refractivity contribution >= 4 is 22.1 Å². The SMILES string of the molecule is NCCC(N)c1nn2cc(-c3cnc(N)c(C(F)(F)F)c3)nc2s1. The van der Waals surface area contributed by atoms with Crippen molar-refractivity contribution < 1.29 is 13.2 Å². The van der Waals surface area contributed by atoms with Crippen LogP contribution in [0.2, 0.25) is 0 Å². The average molecular weight is 357 g/mol. The first-order valence-corrected chi connectivity index (χ1v) is 7.76. The summed E-state index contributed by atoms with van der Waals surface area (Å²) >= 11 is 1.27. The smallest absolute Gasteiger partial charge is 0.383 e. The summed E-state index contributed by atoms with van der Waals surface area (Å²) < 4.78 is 40.3. The summed E-state index contributed by atoms with van der Waals surface area (Å²) in [5.41, 5.74) is 16.2. The Hall–Kier alpha value is -2.24. The summed E-state index contributed by atoms with van der Waals surface area (Å²) in [6.45, 7) is 0.436. The van der Waals surface area contributed by atoms with Gasteiger partial charge in [0.05, 0.1) is 23.5 Å². The largest absolute Gasteiger partial charge is 0.419 e. The molecular formula is C13H14F3N7S. The van der Waals surface area contributed by atoms with Crippen LogP contribution in [-0.2, 0) is 6.18 Å². The minimum atomic E-state index is -4.58. The molecule has 1 unspecified atom stereocenters. The van der Waals surface area contributed by atoms with Crippen molar-refractivity contribution in [2.24, 2.45) is 11.5 Å². The van der Waals surface area contributed by atoms with Gasteiger partial charge in [-0.25, -0.2) is 14.5 Å². The van der Waals surface area contributed by atoms with E-state index in [1.807, 2.05) is 0 Å². The van der Waals surface area contributed by atoms with E-state index in [1.54, 1.807) is 0 Å². The standard InChI is InChI=1S/C13H14F3N7S/c14-13(15,16)7-3-6(4-20-10(7)19)9-5-23-12(21-9)24-11(22-23)8(18)1-2-17/h3-5,8H,1-2,17-18H2,(H2,19,20). The van der Waals surface area contributed by atoms with Gasteiger partial charge in [-0.05, 0) is 19.0 Å². The predicted octanol–water partition coefficient (Wildman–Crippen LogP) is 1.80. The van der Waals surface area contributed by atoms with Crippen LogP contribution in [0.15, 0.2) is 18.5 Å². The molecule has 3 aromatic heterocycles. The summed E-state index contributed by atoms with van der Waals surface area (Å²) in [5.74, 6) is -0.569. The number of halogens is 3. The van der Waals surface area contributed by atoms with Gasteiger partial charge in [-0.15, -0.1) is 0 Å². The van der Waals surface area contributed by atoms with Gasteiger partial charge in [0.1, 0.15) is 10.8 Å². The van der Waals surface area contributed by atoms with E-state index in [0.717, 1.165) is 6.07 Å². The number of imidazole rings is 1. The lowest BCUT2D eigenvalue weighted by molar-refractivity contribution is -0.137. The number of nitrogens with zero attached hydrogens (tertiary/aromatic N) is 4. The number of aromatic nitrogens is 4. The number of nitrogen functional groups attached to an aromatic ring is 1. The Morgan fingerprint density at radius 3 is 2.71 bits per heavy atom. The molecule has 7 nitrogen and oxygen atoms in total. The summed E-state index contributed by atoms with van der Waals surface area (Å²) in [4.78, 5) is 8.41. The van der Waals surface area contributed by atoms with E-state index in [1.165, 1.54) is 28.2 Å². The van der Waals surface area contributed by atoms with Gasteiger partial charge < -0.3 is 17.2 Å². The molecule has 0 aliphatic rings. The molecule has 0 aliphatic heterocycles. The van der Waals surface area contributed by atoms with Gasteiger partial charge in [-0.1, -0.05) is 11.3 Å². The molecule has 0 aromatic carbocycles. The first kappa shape index (κ1) is 16.6. The average Bonchev–Trinajstić information content (AvgIpc) is 3.05. The molecule has 0 fully saturated rings. The van der Waals surface area contributed by atoms with Gasteiger partial charge in [-0.3, -0.25) is 0 Å². The van der Waals surface area contributed by atoms with Crippen LogP contribution in [0.5, 0.6) is 0 Å². The molecule has 0 saturated carbocycles. The van der Waals surface area contributed by atoms with Crippen molar-refractivity contribution in [3.63, 3.8) is 0 Å². The maximum atomic E-state index is 12.9. The second kappa shape index (κ2) is 6.00. The summed E-state index contributed by atoms with van der Waals surface area (Å²) in [6.07, 6.45) is -1.22. The zero-order chi connectivity index (χ0) is 17.5. The van der Waals surface area contributed by atoms with Gasteiger partial charge in [-0.2, -0.15) is 18.3 Å². The highest BCUT2D eigenvalue weighted by atomic mass is 32.1. The van der Waals surface area contributed by atoms with Gasteiger partial charge in [0.2, 0.25) is 4.96 Å². The third-order valence-corrected chi connectivity index (χ3v) is 4.43. The molecule has 0 aliphatic carbocycles. The van der Waals surface area contributed by atoms with Crippen LogP contribution in [0, 0.1) is 0 Å². The third kappa shape index (κ3) is 3.05. The van der Waals surface area contributed by atoms with Gasteiger partial charge in [0.25, 0.3) is 0 Å². The zero-order valence-electron chi connectivity index (χ0n) is 12.3. The molecule has 0 radical (unpaired) electrons. The molecule has 6 N–H and O–H groups in total. The molecular weight excluding hydrogens is 343 g/mol. The van der Waals surface area contributed by atoms with Crippen LogP contribution >= 0.6 is 11.3 Å². The molecule has 0 amide bonds. The van der Waals surface area contributed by atoms with E-state index in [9.17, 15) is 13.2 Å². The Kier molecular flexibility index (Phi) is 4.15. The number of hydrogen-bond donors (Lipinski definition) is 3. The summed E-state index contributed by atoms with van der Waals surface area (Å²) in [6, 6.07) is 0.635. The second-order valence-corrected chi connectivity index (χ2v) is 6.12. The first-order chi connectivity index (χ1) is 11.3. The van der Waals surface area contributed by atoms with Crippen molar-refractivity contribution in [3.05, 3.63) is 29.0 Å². The molecule has 3 rings (SSSR count). The number of fused-ring (bicyclic) bond motifs is 1. The third-order valence-electron chi connectivity index (χ3n) is 3.37. The van der Waals surface area contributed by atoms with Crippen molar-refractivity contribution in [2.75, 3.05) is 12.3 Å². The molecule has 11 heteroatoms. The van der Waals surface area contributed by atoms with Crippen molar-refractivity contribution in [3.8, 4) is 11.3 Å². The molecule has 1 atom stereocenters. The maximum Gasteiger partial charge on any atom is 0.419 e. The van der Waals surface area contributed by atoms with Crippen LogP contribution in [0.25, 0.3) is 16.2 Å². The number of anilines is 1. The van der Waals surface area contributed by atoms with Crippen LogP contribution < -0.4 is 17.2 Å². The summed E-state index contributed by atoms with van der Waals surface area (Å²) in [5, 5.41) is 4.96. The molecule has 24 heavy (non-hydrogen) atoms. The molecule has 0 bridgehead atoms. The van der Waals surface area contributed by atoms with Crippen molar-refractivity contribution in [2.45, 2.75) is 18.6 Å². The fraction of sp³-hybridized carbons (Fsp3) is 0.308. The van der Waals surface area contributed by atoms with Crippen LogP contribution in [0.1, 0.15) is 23.0 Å². The van der Waals surface area contributed by atoms with Crippen molar-refractivity contribution in [1.82, 2.24) is 19.6 Å². The fourth-order valence-corrected chi connectivity index (χ4v) is 3.07. The Morgan fingerprint density at radius 2 is 2.08 bits per heavy atom. The topological polar surface area (TPSA) is 121 Å². The second-order valence-electron chi connectivity index (χ2n) is 5.13. The van der Waals surface area contributed by atoms with E-state index in [-0.39, 0.29) is 11.6 Å². The van der Waals surface area contributed by atoms with Gasteiger partial charge in [0, 0.05) is 11.8 Å². The van der Waals surface area contributed by atoms with Crippen molar-refractivity contribution in [1.29, 1.82) is 0 Å². The zero-order valence-corrected chi connectivity index (χ0v) is 13.1. The van der Waals surface area contributed by atoms with Crippen LogP contribution in [0.4, 0.5) is 19.0 Å². The molecule has 3 heterocycles. The van der Waals surface area contributed by atoms with Crippen LogP contribution in [0.3, 0.4) is 0 Å². The van der Waals surface area contributed by atoms with E-state index in [4.69, 9.17) is 17.2 Å². The fourth-order valence-electron chi connectivity index (χ4n) is 2.15. The summed E-state index contributed by atoms with van der Waals surface area (Å²) in [7, 11) is 0. The monoisotopic (exact) mass is 357 g/mol. The van der Waals surface area contributed by atoms with E-state index in [0.29, 0.717) is 28.6 Å². The predicted molar refractivity (Wildman–Crippen MR) is 84.1 cm³/mol. The first-order valence-electron chi connectivity index (χ1n) is 6.94. The Balaban J connectivity index is 1.97. The molecule has 3 aromatic rings. The molecule has 128 valence electrons. The Bertz CT molecular complexity index is 839. The maximum absolute atomic E-state index is 12.9. The highest BCUT2D eigenvalue weighted by Crippen LogP contribution is 2.35. The number of hydrogen-bond acceptors (Lipinski definition) is 7. The number of nitrogens with two attached hydrogens (primary N) is 3. The lowest BCUT2D eigenvalue weighted by Gasteiger charge is -2.09. The minimum absolute atomic E-state index is 0.210. The van der Waals surface area contributed by atoms with E-state index in [2.05, 4.69) is 15.1 Å². The highest BCUT2D eigenvalue weighted by Gasteiger charge is 2.34. The van der Waals surface area contributed by atoms with E-state index >= 15 is 0 Å². The number of alkyl halides is 3. The quantitative estimate of drug-likeness (QED) is 0.655. The number of pyridine rings is 1. The Morgan fingerprint density at radius 1 is 1.33 bits per heavy atom. The van der Waals surface area contributed by atoms with E-state index < -0.39 is 17.6 Å². The highest BCUT2D eigenvalue weighted by molar-refractivity contribution is 7.16. The lowest BCUT2D eigenvalue weighted by Crippen LogP contribution is -2.15. The van der Waals surface area contributed by atoms with Crippen LogP contribution in [-0.4, -0.2) is 26.1 Å². The molecule has 0 saturated heterocycles. The minimum Gasteiger partial charge on any atom is -0.383 e.